The van der Waals surface area contributed by atoms with E-state index in [2.05, 4.69) is 17.0 Å². The highest BCUT2D eigenvalue weighted by Gasteiger charge is 2.36. The van der Waals surface area contributed by atoms with Gasteiger partial charge in [0.05, 0.1) is 13.2 Å². The van der Waals surface area contributed by atoms with Gasteiger partial charge >= 0.3 is 0 Å². The predicted molar refractivity (Wildman–Crippen MR) is 78.7 cm³/mol. The van der Waals surface area contributed by atoms with Crippen molar-refractivity contribution in [2.75, 3.05) is 46.0 Å². The molecule has 3 heterocycles. The van der Waals surface area contributed by atoms with E-state index in [1.807, 2.05) is 4.90 Å². The standard InChI is InChI=1S/C15H23N3O4/c1-11-8-18(9-13(11)17-3-5-20-6-4-17)15(19)10-21-14-7-12(2)22-16-14/h7,11,13H,3-6,8-10H2,1-2H3/t11-,13-/m0/s1. The summed E-state index contributed by atoms with van der Waals surface area (Å²) in [5.41, 5.74) is 0. The number of rotatable bonds is 4. The van der Waals surface area contributed by atoms with Crippen LogP contribution < -0.4 is 4.74 Å². The number of morpholine rings is 1. The first kappa shape index (κ1) is 15.3. The Morgan fingerprint density at radius 3 is 2.86 bits per heavy atom. The Kier molecular flexibility index (Phi) is 4.63. The summed E-state index contributed by atoms with van der Waals surface area (Å²) in [5, 5.41) is 3.73. The molecule has 1 amide bonds. The topological polar surface area (TPSA) is 68.0 Å². The minimum atomic E-state index is 0.00302. The van der Waals surface area contributed by atoms with Crippen LogP contribution in [0.3, 0.4) is 0 Å². The van der Waals surface area contributed by atoms with Gasteiger partial charge in [0.25, 0.3) is 11.8 Å². The maximum absolute atomic E-state index is 12.3. The molecule has 0 aliphatic carbocycles. The van der Waals surface area contributed by atoms with Crippen LogP contribution in [0.25, 0.3) is 0 Å². The van der Waals surface area contributed by atoms with Crippen molar-refractivity contribution in [2.45, 2.75) is 19.9 Å². The van der Waals surface area contributed by atoms with Crippen LogP contribution in [0, 0.1) is 12.8 Å². The zero-order valence-electron chi connectivity index (χ0n) is 13.2. The fourth-order valence-electron chi connectivity index (χ4n) is 3.18. The smallest absolute Gasteiger partial charge is 0.260 e. The van der Waals surface area contributed by atoms with Crippen LogP contribution in [0.4, 0.5) is 0 Å². The number of carbonyl (C=O) groups is 1. The molecule has 0 aromatic carbocycles. The molecular weight excluding hydrogens is 286 g/mol. The van der Waals surface area contributed by atoms with Crippen molar-refractivity contribution < 1.29 is 18.8 Å². The van der Waals surface area contributed by atoms with Gasteiger partial charge in [-0.15, -0.1) is 0 Å². The van der Waals surface area contributed by atoms with Gasteiger partial charge in [-0.25, -0.2) is 0 Å². The Labute approximate surface area is 130 Å². The lowest BCUT2D eigenvalue weighted by Gasteiger charge is -2.33. The van der Waals surface area contributed by atoms with E-state index < -0.39 is 0 Å². The lowest BCUT2D eigenvalue weighted by Crippen LogP contribution is -2.47. The molecule has 2 aliphatic heterocycles. The van der Waals surface area contributed by atoms with Crippen molar-refractivity contribution >= 4 is 5.91 Å². The van der Waals surface area contributed by atoms with Gasteiger partial charge in [0, 0.05) is 38.3 Å². The van der Waals surface area contributed by atoms with Gasteiger partial charge in [-0.05, 0) is 18.0 Å². The monoisotopic (exact) mass is 309 g/mol. The van der Waals surface area contributed by atoms with Gasteiger partial charge in [0.1, 0.15) is 5.76 Å². The van der Waals surface area contributed by atoms with Gasteiger partial charge < -0.3 is 18.9 Å². The zero-order chi connectivity index (χ0) is 15.5. The molecule has 0 unspecified atom stereocenters. The number of hydrogen-bond acceptors (Lipinski definition) is 6. The molecular formula is C15H23N3O4. The summed E-state index contributed by atoms with van der Waals surface area (Å²) in [6, 6.07) is 2.10. The molecule has 0 radical (unpaired) electrons. The van der Waals surface area contributed by atoms with Gasteiger partial charge in [0.2, 0.25) is 0 Å². The summed E-state index contributed by atoms with van der Waals surface area (Å²) in [4.78, 5) is 16.6. The minimum absolute atomic E-state index is 0.00302. The summed E-state index contributed by atoms with van der Waals surface area (Å²) in [5.74, 6) is 1.51. The second kappa shape index (κ2) is 6.66. The number of amides is 1. The molecule has 2 aliphatic rings. The van der Waals surface area contributed by atoms with Crippen LogP contribution in [-0.4, -0.2) is 72.9 Å². The molecule has 7 heteroatoms. The number of aryl methyl sites for hydroxylation is 1. The summed E-state index contributed by atoms with van der Waals surface area (Å²) >= 11 is 0. The average Bonchev–Trinajstić information content (AvgIpc) is 3.12. The number of carbonyl (C=O) groups excluding carboxylic acids is 1. The second-order valence-electron chi connectivity index (χ2n) is 6.06. The SMILES string of the molecule is Cc1cc(OCC(=O)N2C[C@H](C)[C@@H](N3CCOCC3)C2)no1. The van der Waals surface area contributed by atoms with Gasteiger partial charge in [-0.1, -0.05) is 6.92 Å². The van der Waals surface area contributed by atoms with E-state index in [0.717, 1.165) is 39.4 Å². The minimum Gasteiger partial charge on any atom is -0.465 e. The van der Waals surface area contributed by atoms with Crippen molar-refractivity contribution in [2.24, 2.45) is 5.92 Å². The maximum atomic E-state index is 12.3. The highest BCUT2D eigenvalue weighted by atomic mass is 16.5. The van der Waals surface area contributed by atoms with E-state index in [9.17, 15) is 4.79 Å². The lowest BCUT2D eigenvalue weighted by molar-refractivity contribution is -0.132. The Balaban J connectivity index is 1.51. The highest BCUT2D eigenvalue weighted by Crippen LogP contribution is 2.23. The molecule has 2 atom stereocenters. The fourth-order valence-corrected chi connectivity index (χ4v) is 3.18. The molecule has 2 fully saturated rings. The van der Waals surface area contributed by atoms with Crippen LogP contribution in [-0.2, 0) is 9.53 Å². The summed E-state index contributed by atoms with van der Waals surface area (Å²) in [6.07, 6.45) is 0. The van der Waals surface area contributed by atoms with Gasteiger partial charge in [-0.3, -0.25) is 9.69 Å². The lowest BCUT2D eigenvalue weighted by atomic mass is 10.0. The van der Waals surface area contributed by atoms with E-state index >= 15 is 0 Å². The Hall–Kier alpha value is -1.60. The number of ether oxygens (including phenoxy) is 2. The predicted octanol–water partition coefficient (Wildman–Crippen LogP) is 0.541. The number of aromatic nitrogens is 1. The van der Waals surface area contributed by atoms with E-state index in [1.54, 1.807) is 13.0 Å². The molecule has 7 nitrogen and oxygen atoms in total. The number of likely N-dealkylation sites (tertiary alicyclic amines) is 1. The van der Waals surface area contributed by atoms with Crippen molar-refractivity contribution in [3.05, 3.63) is 11.8 Å². The van der Waals surface area contributed by atoms with Crippen molar-refractivity contribution in [1.82, 2.24) is 15.0 Å². The van der Waals surface area contributed by atoms with Crippen molar-refractivity contribution in [1.29, 1.82) is 0 Å². The normalized spacial score (nSPS) is 26.4. The summed E-state index contributed by atoms with van der Waals surface area (Å²) < 4.78 is 15.7. The van der Waals surface area contributed by atoms with Gasteiger partial charge in [0.15, 0.2) is 6.61 Å². The fraction of sp³-hybridized carbons (Fsp3) is 0.733. The largest absolute Gasteiger partial charge is 0.465 e. The molecule has 22 heavy (non-hydrogen) atoms. The third-order valence-electron chi connectivity index (χ3n) is 4.39. The molecule has 1 aromatic heterocycles. The Morgan fingerprint density at radius 2 is 2.18 bits per heavy atom. The molecule has 0 saturated carbocycles. The molecule has 0 N–H and O–H groups in total. The molecule has 1 aromatic rings. The molecule has 3 rings (SSSR count). The van der Waals surface area contributed by atoms with Crippen LogP contribution >= 0.6 is 0 Å². The Morgan fingerprint density at radius 1 is 1.41 bits per heavy atom. The first-order chi connectivity index (χ1) is 10.6. The maximum Gasteiger partial charge on any atom is 0.260 e. The van der Waals surface area contributed by atoms with E-state index in [1.165, 1.54) is 0 Å². The summed E-state index contributed by atoms with van der Waals surface area (Å²) in [7, 11) is 0. The zero-order valence-corrected chi connectivity index (χ0v) is 13.2. The number of hydrogen-bond donors (Lipinski definition) is 0. The average molecular weight is 309 g/mol. The van der Waals surface area contributed by atoms with E-state index in [-0.39, 0.29) is 12.5 Å². The van der Waals surface area contributed by atoms with Gasteiger partial charge in [-0.2, -0.15) is 0 Å². The molecule has 122 valence electrons. The molecule has 0 spiro atoms. The highest BCUT2D eigenvalue weighted by molar-refractivity contribution is 5.78. The molecule has 0 bridgehead atoms. The van der Waals surface area contributed by atoms with Crippen molar-refractivity contribution in [3.8, 4) is 5.88 Å². The first-order valence-corrected chi connectivity index (χ1v) is 7.79. The quantitative estimate of drug-likeness (QED) is 0.809. The van der Waals surface area contributed by atoms with Crippen LogP contribution in [0.15, 0.2) is 10.6 Å². The summed E-state index contributed by atoms with van der Waals surface area (Å²) in [6.45, 7) is 9.01. The van der Waals surface area contributed by atoms with Crippen molar-refractivity contribution in [3.63, 3.8) is 0 Å². The first-order valence-electron chi connectivity index (χ1n) is 7.79. The third-order valence-corrected chi connectivity index (χ3v) is 4.39. The van der Waals surface area contributed by atoms with E-state index in [0.29, 0.717) is 23.6 Å². The Bertz CT molecular complexity index is 513. The van der Waals surface area contributed by atoms with Crippen LogP contribution in [0.2, 0.25) is 0 Å². The van der Waals surface area contributed by atoms with Crippen LogP contribution in [0.1, 0.15) is 12.7 Å². The second-order valence-corrected chi connectivity index (χ2v) is 6.06. The van der Waals surface area contributed by atoms with Crippen LogP contribution in [0.5, 0.6) is 5.88 Å². The third kappa shape index (κ3) is 3.41. The molecule has 2 saturated heterocycles. The number of nitrogens with zero attached hydrogens (tertiary/aromatic N) is 3. The van der Waals surface area contributed by atoms with E-state index in [4.69, 9.17) is 14.0 Å².